The van der Waals surface area contributed by atoms with E-state index in [0.29, 0.717) is 11.4 Å². The van der Waals surface area contributed by atoms with Crippen LogP contribution in [0.2, 0.25) is 0 Å². The van der Waals surface area contributed by atoms with Gasteiger partial charge in [-0.3, -0.25) is 30.4 Å². The molecule has 0 aliphatic heterocycles. The van der Waals surface area contributed by atoms with Crippen LogP contribution in [-0.4, -0.2) is 76.3 Å². The second-order valence-corrected chi connectivity index (χ2v) is 11.4. The zero-order valence-corrected chi connectivity index (χ0v) is 23.6. The predicted octanol–water partition coefficient (Wildman–Crippen LogP) is 0.361. The zero-order chi connectivity index (χ0) is 31.7. The van der Waals surface area contributed by atoms with Crippen LogP contribution >= 0.6 is 0 Å². The highest BCUT2D eigenvalue weighted by Gasteiger charge is 2.35. The van der Waals surface area contributed by atoms with E-state index in [2.05, 4.69) is 61.8 Å². The second kappa shape index (κ2) is 11.3. The molecular formula is C24H20N14O6S. The number of hydrogen-bond acceptors (Lipinski definition) is 12. The summed E-state index contributed by atoms with van der Waals surface area (Å²) in [7, 11) is -4.29. The van der Waals surface area contributed by atoms with Crippen molar-refractivity contribution in [2.45, 2.75) is 5.25 Å². The molecule has 45 heavy (non-hydrogen) atoms. The summed E-state index contributed by atoms with van der Waals surface area (Å²) in [4.78, 5) is 59.2. The molecule has 0 spiro atoms. The number of H-pyrrole nitrogens is 2. The van der Waals surface area contributed by atoms with Gasteiger partial charge in [-0.2, -0.15) is 9.03 Å². The first-order chi connectivity index (χ1) is 21.6. The van der Waals surface area contributed by atoms with Gasteiger partial charge in [0.1, 0.15) is 11.4 Å². The molecule has 0 atom stereocenters. The lowest BCUT2D eigenvalue weighted by atomic mass is 10.2. The van der Waals surface area contributed by atoms with Crippen molar-refractivity contribution in [3.63, 3.8) is 0 Å². The molecule has 0 saturated carbocycles. The van der Waals surface area contributed by atoms with Crippen LogP contribution in [0, 0.1) is 0 Å². The lowest BCUT2D eigenvalue weighted by Gasteiger charge is -2.13. The summed E-state index contributed by atoms with van der Waals surface area (Å²) in [5, 5.41) is 27.8. The molecule has 2 aromatic carbocycles. The van der Waals surface area contributed by atoms with Crippen molar-refractivity contribution in [1.82, 2.24) is 49.6 Å². The highest BCUT2D eigenvalue weighted by molar-refractivity contribution is 7.91. The van der Waals surface area contributed by atoms with Crippen LogP contribution in [0.4, 0.5) is 32.9 Å². The minimum absolute atomic E-state index is 0.234. The van der Waals surface area contributed by atoms with E-state index in [0.717, 1.165) is 15.3 Å². The maximum Gasteiger partial charge on any atom is 0.326 e. The monoisotopic (exact) mass is 632 g/mol. The van der Waals surface area contributed by atoms with Crippen molar-refractivity contribution < 1.29 is 18.0 Å². The first-order valence-electron chi connectivity index (χ1n) is 12.7. The fourth-order valence-corrected chi connectivity index (χ4v) is 5.29. The molecule has 6 rings (SSSR count). The Morgan fingerprint density at radius 3 is 1.44 bits per heavy atom. The molecule has 4 aromatic heterocycles. The summed E-state index contributed by atoms with van der Waals surface area (Å²) in [5.41, 5.74) is -2.44. The second-order valence-electron chi connectivity index (χ2n) is 9.29. The van der Waals surface area contributed by atoms with E-state index in [-0.39, 0.29) is 23.5 Å². The van der Waals surface area contributed by atoms with Gasteiger partial charge in [-0.1, -0.05) is 36.4 Å². The molecule has 4 amide bonds. The number of para-hydroxylation sites is 2. The van der Waals surface area contributed by atoms with Crippen molar-refractivity contribution in [1.29, 1.82) is 0 Å². The van der Waals surface area contributed by atoms with E-state index < -0.39 is 49.7 Å². The number of urea groups is 2. The maximum absolute atomic E-state index is 13.2. The Labute approximate surface area is 249 Å². The summed E-state index contributed by atoms with van der Waals surface area (Å²) in [5.74, 6) is -1.07. The number of nitrogens with zero attached hydrogens (tertiary/aromatic N) is 8. The fourth-order valence-electron chi connectivity index (χ4n) is 4.16. The van der Waals surface area contributed by atoms with Gasteiger partial charge in [0, 0.05) is 17.6 Å². The quantitative estimate of drug-likeness (QED) is 0.139. The van der Waals surface area contributed by atoms with E-state index >= 15 is 0 Å². The van der Waals surface area contributed by atoms with Gasteiger partial charge in [-0.15, -0.1) is 20.4 Å². The smallest absolute Gasteiger partial charge is 0.308 e. The number of amides is 4. The third kappa shape index (κ3) is 5.90. The summed E-state index contributed by atoms with van der Waals surface area (Å²) in [6.07, 6.45) is 0.781. The van der Waals surface area contributed by atoms with Crippen LogP contribution in [0.1, 0.15) is 16.6 Å². The van der Waals surface area contributed by atoms with Crippen molar-refractivity contribution in [2.24, 2.45) is 0 Å². The molecule has 0 aliphatic carbocycles. The molecule has 4 heterocycles. The van der Waals surface area contributed by atoms with Crippen LogP contribution < -0.4 is 32.4 Å². The summed E-state index contributed by atoms with van der Waals surface area (Å²) >= 11 is 0. The lowest BCUT2D eigenvalue weighted by Crippen LogP contribution is -2.32. The number of carbonyl (C=O) groups excluding carboxylic acids is 2. The Balaban J connectivity index is 1.31. The summed E-state index contributed by atoms with van der Waals surface area (Å²) in [6, 6.07) is 15.6. The van der Waals surface area contributed by atoms with Crippen LogP contribution in [0.15, 0.2) is 70.3 Å². The van der Waals surface area contributed by atoms with E-state index in [1.165, 1.54) is 0 Å². The number of nitrogens with one attached hydrogen (secondary N) is 6. The van der Waals surface area contributed by atoms with E-state index in [1.807, 2.05) is 0 Å². The van der Waals surface area contributed by atoms with Crippen LogP contribution in [0.25, 0.3) is 11.6 Å². The molecule has 0 bridgehead atoms. The van der Waals surface area contributed by atoms with Gasteiger partial charge in [-0.05, 0) is 24.3 Å². The third-order valence-electron chi connectivity index (χ3n) is 6.06. The number of hydrogen-bond donors (Lipinski definition) is 6. The molecule has 0 aliphatic rings. The Morgan fingerprint density at radius 2 is 1.07 bits per heavy atom. The highest BCUT2D eigenvalue weighted by Crippen LogP contribution is 2.23. The normalized spacial score (nSPS) is 11.5. The molecule has 20 nitrogen and oxygen atoms in total. The summed E-state index contributed by atoms with van der Waals surface area (Å²) < 4.78 is 27.8. The van der Waals surface area contributed by atoms with E-state index in [4.69, 9.17) is 0 Å². The number of benzene rings is 2. The third-order valence-corrected chi connectivity index (χ3v) is 7.37. The average Bonchev–Trinajstić information content (AvgIpc) is 3.56. The van der Waals surface area contributed by atoms with Gasteiger partial charge in [0.2, 0.25) is 0 Å². The molecule has 6 aromatic rings. The molecule has 0 saturated heterocycles. The fraction of sp³-hybridized carbons (Fsp3) is 0.0833. The van der Waals surface area contributed by atoms with Gasteiger partial charge >= 0.3 is 12.1 Å². The number of sulfone groups is 1. The number of rotatable bonds is 7. The lowest BCUT2D eigenvalue weighted by molar-refractivity contribution is 0.261. The topological polar surface area (TPSA) is 268 Å². The first kappa shape index (κ1) is 28.6. The summed E-state index contributed by atoms with van der Waals surface area (Å²) in [6.45, 7) is 0. The van der Waals surface area contributed by atoms with Gasteiger partial charge < -0.3 is 10.6 Å². The SMILES string of the molecule is CS(=O)(=O)C(c1nc2nnc(NC(=O)Nc3ccccc3)n2[nH]c1=O)c1nc2nnc(NC(=O)Nc3ccccc3)n2[nH]c1=O. The minimum Gasteiger partial charge on any atom is -0.308 e. The highest BCUT2D eigenvalue weighted by atomic mass is 32.2. The Bertz CT molecular complexity index is 2150. The molecule has 21 heteroatoms. The molecular weight excluding hydrogens is 612 g/mol. The zero-order valence-electron chi connectivity index (χ0n) is 22.8. The van der Waals surface area contributed by atoms with Crippen molar-refractivity contribution >= 4 is 56.7 Å². The first-order valence-corrected chi connectivity index (χ1v) is 14.7. The van der Waals surface area contributed by atoms with Crippen LogP contribution in [0.3, 0.4) is 0 Å². The standard InChI is InChI=1S/C24H20N14O6S/c1-45(43,44)16(14-17(39)35-37-19(27-14)31-33-21(37)29-23(41)25-12-8-4-2-5-9-12)15-18(40)36-38-20(28-15)32-34-22(38)30-24(42)26-13-10-6-3-7-11-13/h2-11,16H,1H3,(H,35,39)(H,36,40)(H2,25,29,33,41)(H2,26,30,34,42). The van der Waals surface area contributed by atoms with Crippen molar-refractivity contribution in [3.8, 4) is 0 Å². The predicted molar refractivity (Wildman–Crippen MR) is 158 cm³/mol. The molecule has 0 unspecified atom stereocenters. The largest absolute Gasteiger partial charge is 0.326 e. The molecule has 6 N–H and O–H groups in total. The Kier molecular flexibility index (Phi) is 7.18. The number of anilines is 4. The average molecular weight is 633 g/mol. The Hall–Kier alpha value is -6.51. The number of carbonyl (C=O) groups is 2. The van der Waals surface area contributed by atoms with Gasteiger partial charge in [-0.25, -0.2) is 28.0 Å². The van der Waals surface area contributed by atoms with Crippen molar-refractivity contribution in [2.75, 3.05) is 27.5 Å². The maximum atomic E-state index is 13.2. The van der Waals surface area contributed by atoms with E-state index in [9.17, 15) is 27.6 Å². The molecule has 0 radical (unpaired) electrons. The van der Waals surface area contributed by atoms with Gasteiger partial charge in [0.25, 0.3) is 34.6 Å². The number of aromatic nitrogens is 10. The molecule has 228 valence electrons. The van der Waals surface area contributed by atoms with E-state index in [1.54, 1.807) is 60.7 Å². The molecule has 0 fully saturated rings. The van der Waals surface area contributed by atoms with Gasteiger partial charge in [0.05, 0.1) is 0 Å². The van der Waals surface area contributed by atoms with Crippen molar-refractivity contribution in [3.05, 3.63) is 92.8 Å². The van der Waals surface area contributed by atoms with Crippen LogP contribution in [-0.2, 0) is 9.84 Å². The number of aromatic amines is 2. The minimum atomic E-state index is -4.29. The number of fused-ring (bicyclic) bond motifs is 2. The Morgan fingerprint density at radius 1 is 0.667 bits per heavy atom. The van der Waals surface area contributed by atoms with Gasteiger partial charge in [0.15, 0.2) is 15.1 Å². The van der Waals surface area contributed by atoms with Crippen LogP contribution in [0.5, 0.6) is 0 Å².